The molecule has 0 saturated carbocycles. The zero-order valence-electron chi connectivity index (χ0n) is 11.9. The van der Waals surface area contributed by atoms with Crippen molar-refractivity contribution in [2.45, 2.75) is 39.0 Å². The maximum Gasteiger partial charge on any atom is 0.152 e. The van der Waals surface area contributed by atoms with E-state index in [0.717, 1.165) is 61.7 Å². The van der Waals surface area contributed by atoms with Crippen molar-refractivity contribution in [3.63, 3.8) is 0 Å². The molecule has 0 atom stereocenters. The standard InChI is InChI=1S/C16H17BrF2N2/c1-2-7-20-15-9-5-3-4-6-12(9)21-16-11(19)8-10(18)14(17)13(15)16/h8H,2-7H2,1H3,(H,20,21). The minimum absolute atomic E-state index is 0.252. The molecule has 0 radical (unpaired) electrons. The Morgan fingerprint density at radius 2 is 2.00 bits per heavy atom. The van der Waals surface area contributed by atoms with Crippen molar-refractivity contribution in [1.29, 1.82) is 0 Å². The Kier molecular flexibility index (Phi) is 4.11. The minimum atomic E-state index is -0.598. The van der Waals surface area contributed by atoms with E-state index >= 15 is 0 Å². The minimum Gasteiger partial charge on any atom is -0.384 e. The molecule has 1 N–H and O–H groups in total. The van der Waals surface area contributed by atoms with Crippen LogP contribution in [0.2, 0.25) is 0 Å². The third-order valence-corrected chi connectivity index (χ3v) is 4.71. The Labute approximate surface area is 131 Å². The van der Waals surface area contributed by atoms with Crippen molar-refractivity contribution >= 4 is 32.5 Å². The quantitative estimate of drug-likeness (QED) is 0.786. The molecule has 112 valence electrons. The molecule has 5 heteroatoms. The molecule has 2 nitrogen and oxygen atoms in total. The molecule has 2 aromatic rings. The number of hydrogen-bond acceptors (Lipinski definition) is 2. The summed E-state index contributed by atoms with van der Waals surface area (Å²) in [6.07, 6.45) is 4.89. The predicted octanol–water partition coefficient (Wildman–Crippen LogP) is 4.98. The van der Waals surface area contributed by atoms with E-state index in [1.54, 1.807) is 0 Å². The van der Waals surface area contributed by atoms with E-state index in [1.165, 1.54) is 0 Å². The average Bonchev–Trinajstić information content (AvgIpc) is 2.49. The summed E-state index contributed by atoms with van der Waals surface area (Å²) in [5, 5.41) is 3.89. The molecule has 0 bridgehead atoms. The summed E-state index contributed by atoms with van der Waals surface area (Å²) in [6.45, 7) is 2.84. The van der Waals surface area contributed by atoms with Crippen LogP contribution in [0.1, 0.15) is 37.4 Å². The number of anilines is 1. The van der Waals surface area contributed by atoms with Gasteiger partial charge >= 0.3 is 0 Å². The van der Waals surface area contributed by atoms with Crippen molar-refractivity contribution < 1.29 is 8.78 Å². The number of rotatable bonds is 3. The summed E-state index contributed by atoms with van der Waals surface area (Å²) in [7, 11) is 0. The van der Waals surface area contributed by atoms with Gasteiger partial charge in [-0.1, -0.05) is 6.92 Å². The highest BCUT2D eigenvalue weighted by Gasteiger charge is 2.22. The molecular formula is C16H17BrF2N2. The molecule has 0 aliphatic heterocycles. The van der Waals surface area contributed by atoms with Gasteiger partial charge in [0.05, 0.1) is 4.47 Å². The lowest BCUT2D eigenvalue weighted by atomic mass is 9.92. The number of nitrogens with zero attached hydrogens (tertiary/aromatic N) is 1. The average molecular weight is 355 g/mol. The fourth-order valence-electron chi connectivity index (χ4n) is 2.94. The fraction of sp³-hybridized carbons (Fsp3) is 0.438. The van der Waals surface area contributed by atoms with E-state index in [9.17, 15) is 8.78 Å². The molecule has 21 heavy (non-hydrogen) atoms. The van der Waals surface area contributed by atoms with Gasteiger partial charge in [0.2, 0.25) is 0 Å². The Morgan fingerprint density at radius 1 is 1.24 bits per heavy atom. The SMILES string of the molecule is CCCNc1c2c(nc3c(F)cc(F)c(Br)c13)CCCC2. The van der Waals surface area contributed by atoms with Crippen molar-refractivity contribution in [2.75, 3.05) is 11.9 Å². The van der Waals surface area contributed by atoms with Crippen LogP contribution in [-0.4, -0.2) is 11.5 Å². The van der Waals surface area contributed by atoms with Crippen LogP contribution in [-0.2, 0) is 12.8 Å². The van der Waals surface area contributed by atoms with Crippen LogP contribution in [0.5, 0.6) is 0 Å². The summed E-state index contributed by atoms with van der Waals surface area (Å²) in [5.41, 5.74) is 3.17. The number of fused-ring (bicyclic) bond motifs is 2. The van der Waals surface area contributed by atoms with Crippen LogP contribution >= 0.6 is 15.9 Å². The van der Waals surface area contributed by atoms with Gasteiger partial charge in [0.25, 0.3) is 0 Å². The van der Waals surface area contributed by atoms with Gasteiger partial charge in [0.15, 0.2) is 5.82 Å². The van der Waals surface area contributed by atoms with Crippen LogP contribution in [0.15, 0.2) is 10.5 Å². The summed E-state index contributed by atoms with van der Waals surface area (Å²) in [4.78, 5) is 4.47. The molecule has 0 saturated heterocycles. The number of benzene rings is 1. The first kappa shape index (κ1) is 14.7. The van der Waals surface area contributed by atoms with Gasteiger partial charge in [-0.25, -0.2) is 13.8 Å². The second-order valence-corrected chi connectivity index (χ2v) is 6.22. The lowest BCUT2D eigenvalue weighted by Crippen LogP contribution is -2.13. The third kappa shape index (κ3) is 2.52. The van der Waals surface area contributed by atoms with Crippen molar-refractivity contribution in [3.8, 4) is 0 Å². The largest absolute Gasteiger partial charge is 0.384 e. The molecule has 1 aliphatic rings. The Bertz CT molecular complexity index is 701. The molecule has 0 spiro atoms. The van der Waals surface area contributed by atoms with Crippen LogP contribution in [0.4, 0.5) is 14.5 Å². The molecule has 1 aromatic heterocycles. The molecular weight excluding hydrogens is 338 g/mol. The Morgan fingerprint density at radius 3 is 2.76 bits per heavy atom. The lowest BCUT2D eigenvalue weighted by Gasteiger charge is -2.22. The van der Waals surface area contributed by atoms with Gasteiger partial charge in [-0.3, -0.25) is 0 Å². The summed E-state index contributed by atoms with van der Waals surface area (Å²) >= 11 is 3.26. The van der Waals surface area contributed by atoms with Crippen LogP contribution in [0, 0.1) is 11.6 Å². The van der Waals surface area contributed by atoms with Gasteiger partial charge in [0.1, 0.15) is 11.3 Å². The normalized spacial score (nSPS) is 14.3. The van der Waals surface area contributed by atoms with Gasteiger partial charge in [0, 0.05) is 29.4 Å². The molecule has 3 rings (SSSR count). The van der Waals surface area contributed by atoms with Gasteiger partial charge < -0.3 is 5.32 Å². The van der Waals surface area contributed by atoms with Gasteiger partial charge in [-0.05, 0) is 53.6 Å². The second-order valence-electron chi connectivity index (χ2n) is 5.42. The van der Waals surface area contributed by atoms with E-state index in [1.807, 2.05) is 0 Å². The van der Waals surface area contributed by atoms with Crippen LogP contribution in [0.3, 0.4) is 0 Å². The monoisotopic (exact) mass is 354 g/mol. The van der Waals surface area contributed by atoms with E-state index in [-0.39, 0.29) is 5.52 Å². The zero-order valence-corrected chi connectivity index (χ0v) is 13.5. The summed E-state index contributed by atoms with van der Waals surface area (Å²) in [5.74, 6) is -1.18. The van der Waals surface area contributed by atoms with Crippen LogP contribution in [0.25, 0.3) is 10.9 Å². The first-order valence-corrected chi connectivity index (χ1v) is 8.15. The van der Waals surface area contributed by atoms with E-state index in [0.29, 0.717) is 9.86 Å². The van der Waals surface area contributed by atoms with Crippen molar-refractivity contribution in [3.05, 3.63) is 33.4 Å². The Hall–Kier alpha value is -1.23. The molecule has 0 unspecified atom stereocenters. The van der Waals surface area contributed by atoms with E-state index in [4.69, 9.17) is 0 Å². The molecule has 0 fully saturated rings. The van der Waals surface area contributed by atoms with Gasteiger partial charge in [-0.15, -0.1) is 0 Å². The number of pyridine rings is 1. The van der Waals surface area contributed by atoms with Crippen LogP contribution < -0.4 is 5.32 Å². The highest BCUT2D eigenvalue weighted by atomic mass is 79.9. The fourth-order valence-corrected chi connectivity index (χ4v) is 3.44. The summed E-state index contributed by atoms with van der Waals surface area (Å²) < 4.78 is 28.3. The number of halogens is 3. The summed E-state index contributed by atoms with van der Waals surface area (Å²) in [6, 6.07) is 0.901. The predicted molar refractivity (Wildman–Crippen MR) is 84.8 cm³/mol. The van der Waals surface area contributed by atoms with Gasteiger partial charge in [-0.2, -0.15) is 0 Å². The van der Waals surface area contributed by atoms with Crippen molar-refractivity contribution in [2.24, 2.45) is 0 Å². The maximum atomic E-state index is 14.1. The molecule has 1 aromatic carbocycles. The Balaban J connectivity index is 2.35. The highest BCUT2D eigenvalue weighted by molar-refractivity contribution is 9.10. The lowest BCUT2D eigenvalue weighted by molar-refractivity contribution is 0.585. The zero-order chi connectivity index (χ0) is 15.0. The third-order valence-electron chi connectivity index (χ3n) is 3.93. The van der Waals surface area contributed by atoms with Crippen molar-refractivity contribution in [1.82, 2.24) is 4.98 Å². The number of nitrogens with one attached hydrogen (secondary N) is 1. The first-order chi connectivity index (χ1) is 10.1. The smallest absolute Gasteiger partial charge is 0.152 e. The first-order valence-electron chi connectivity index (χ1n) is 7.36. The van der Waals surface area contributed by atoms with E-state index < -0.39 is 11.6 Å². The number of aromatic nitrogens is 1. The number of hydrogen-bond donors (Lipinski definition) is 1. The number of aryl methyl sites for hydroxylation is 1. The highest BCUT2D eigenvalue weighted by Crippen LogP contribution is 2.39. The van der Waals surface area contributed by atoms with E-state index in [2.05, 4.69) is 33.2 Å². The topological polar surface area (TPSA) is 24.9 Å². The molecule has 1 heterocycles. The molecule has 0 amide bonds. The maximum absolute atomic E-state index is 14.1. The molecule has 1 aliphatic carbocycles. The second kappa shape index (κ2) is 5.87.